The highest BCUT2D eigenvalue weighted by Crippen LogP contribution is 2.39. The molecule has 2 saturated carbocycles. The summed E-state index contributed by atoms with van der Waals surface area (Å²) in [7, 11) is 1.74. The molecule has 2 fully saturated rings. The molecule has 0 atom stereocenters. The number of nitrogens with zero attached hydrogens (tertiary/aromatic N) is 3. The third-order valence-electron chi connectivity index (χ3n) is 8.98. The average Bonchev–Trinajstić information content (AvgIpc) is 3.45. The maximum absolute atomic E-state index is 14.0. The Balaban J connectivity index is 1.32. The first-order valence-corrected chi connectivity index (χ1v) is 15.1. The van der Waals surface area contributed by atoms with Gasteiger partial charge in [-0.3, -0.25) is 9.48 Å². The molecular formula is C34H45N3O2. The van der Waals surface area contributed by atoms with Crippen LogP contribution >= 0.6 is 0 Å². The van der Waals surface area contributed by atoms with Gasteiger partial charge in [-0.2, -0.15) is 5.10 Å². The first-order chi connectivity index (χ1) is 19.1. The number of methoxy groups -OCH3 is 1. The lowest BCUT2D eigenvalue weighted by Gasteiger charge is -2.35. The van der Waals surface area contributed by atoms with Crippen molar-refractivity contribution in [2.45, 2.75) is 90.5 Å². The van der Waals surface area contributed by atoms with Gasteiger partial charge in [-0.25, -0.2) is 0 Å². The van der Waals surface area contributed by atoms with Crippen LogP contribution in [0, 0.1) is 18.8 Å². The van der Waals surface area contributed by atoms with Crippen molar-refractivity contribution in [3.63, 3.8) is 0 Å². The minimum absolute atomic E-state index is 0.160. The zero-order valence-corrected chi connectivity index (χ0v) is 24.1. The Morgan fingerprint density at radius 2 is 1.79 bits per heavy atom. The van der Waals surface area contributed by atoms with Crippen LogP contribution in [0.15, 0.2) is 54.9 Å². The van der Waals surface area contributed by atoms with E-state index in [4.69, 9.17) is 4.74 Å². The van der Waals surface area contributed by atoms with Gasteiger partial charge in [0.05, 0.1) is 13.3 Å². The minimum Gasteiger partial charge on any atom is -0.496 e. The fourth-order valence-corrected chi connectivity index (χ4v) is 6.70. The zero-order chi connectivity index (χ0) is 27.2. The molecule has 1 amide bonds. The molecule has 39 heavy (non-hydrogen) atoms. The molecular weight excluding hydrogens is 482 g/mol. The van der Waals surface area contributed by atoms with Crippen molar-refractivity contribution in [1.82, 2.24) is 9.78 Å². The Bertz CT molecular complexity index is 1230. The van der Waals surface area contributed by atoms with Gasteiger partial charge < -0.3 is 9.64 Å². The van der Waals surface area contributed by atoms with Gasteiger partial charge in [0, 0.05) is 36.5 Å². The summed E-state index contributed by atoms with van der Waals surface area (Å²) in [4.78, 5) is 16.1. The maximum Gasteiger partial charge on any atom is 0.230 e. The number of carbonyl (C=O) groups is 1. The second-order valence-electron chi connectivity index (χ2n) is 11.8. The van der Waals surface area contributed by atoms with Crippen LogP contribution in [-0.4, -0.2) is 29.3 Å². The summed E-state index contributed by atoms with van der Waals surface area (Å²) < 4.78 is 7.48. The van der Waals surface area contributed by atoms with E-state index in [0.29, 0.717) is 17.7 Å². The van der Waals surface area contributed by atoms with E-state index < -0.39 is 0 Å². The van der Waals surface area contributed by atoms with Gasteiger partial charge in [-0.05, 0) is 98.6 Å². The molecule has 2 aliphatic carbocycles. The Kier molecular flexibility index (Phi) is 9.06. The van der Waals surface area contributed by atoms with Crippen molar-refractivity contribution in [2.24, 2.45) is 11.8 Å². The number of amides is 1. The molecule has 3 aromatic rings. The highest BCUT2D eigenvalue weighted by Gasteiger charge is 2.31. The molecule has 0 radical (unpaired) electrons. The van der Waals surface area contributed by atoms with Crippen LogP contribution in [-0.2, 0) is 11.3 Å². The standard InChI is InChI=1S/C34H45N3O2/c1-4-19-36-24-31(22-35-36)29-11-8-12-32(21-29)37(34(38)28-9-6-5-7-10-28)23-26-13-15-27(16-14-26)30-17-18-33(39-3)25(2)20-30/h8,11-12,17-18,20-22,24,26-28H,4-7,9-10,13-16,19,23H2,1-3H3. The van der Waals surface area contributed by atoms with E-state index in [0.717, 1.165) is 67.8 Å². The van der Waals surface area contributed by atoms with Crippen molar-refractivity contribution in [3.8, 4) is 16.9 Å². The summed E-state index contributed by atoms with van der Waals surface area (Å²) in [5.74, 6) is 2.58. The number of hydrogen-bond acceptors (Lipinski definition) is 3. The van der Waals surface area contributed by atoms with E-state index in [1.807, 2.05) is 10.9 Å². The minimum atomic E-state index is 0.160. The fourth-order valence-electron chi connectivity index (χ4n) is 6.70. The monoisotopic (exact) mass is 527 g/mol. The number of ether oxygens (including phenoxy) is 1. The van der Waals surface area contributed by atoms with Crippen molar-refractivity contribution in [1.29, 1.82) is 0 Å². The molecule has 0 unspecified atom stereocenters. The Morgan fingerprint density at radius 3 is 2.51 bits per heavy atom. The van der Waals surface area contributed by atoms with Gasteiger partial charge in [0.15, 0.2) is 0 Å². The number of anilines is 1. The van der Waals surface area contributed by atoms with Crippen LogP contribution in [0.5, 0.6) is 5.75 Å². The fraction of sp³-hybridized carbons (Fsp3) is 0.529. The van der Waals surface area contributed by atoms with E-state index in [-0.39, 0.29) is 5.92 Å². The van der Waals surface area contributed by atoms with E-state index in [9.17, 15) is 4.79 Å². The van der Waals surface area contributed by atoms with Crippen LogP contribution in [0.1, 0.15) is 88.2 Å². The predicted molar refractivity (Wildman–Crippen MR) is 159 cm³/mol. The SMILES string of the molecule is CCCn1cc(-c2cccc(N(CC3CCC(c4ccc(OC)c(C)c4)CC3)C(=O)C3CCCCC3)c2)cn1. The third-order valence-corrected chi connectivity index (χ3v) is 8.98. The highest BCUT2D eigenvalue weighted by atomic mass is 16.5. The lowest BCUT2D eigenvalue weighted by Crippen LogP contribution is -2.41. The summed E-state index contributed by atoms with van der Waals surface area (Å²) in [5, 5.41) is 4.54. The van der Waals surface area contributed by atoms with Crippen molar-refractivity contribution in [2.75, 3.05) is 18.6 Å². The number of rotatable bonds is 9. The lowest BCUT2D eigenvalue weighted by molar-refractivity contribution is -0.123. The van der Waals surface area contributed by atoms with Crippen LogP contribution in [0.4, 0.5) is 5.69 Å². The van der Waals surface area contributed by atoms with Crippen molar-refractivity contribution >= 4 is 11.6 Å². The molecule has 0 spiro atoms. The van der Waals surface area contributed by atoms with Crippen LogP contribution < -0.4 is 9.64 Å². The molecule has 5 heteroatoms. The van der Waals surface area contributed by atoms with Gasteiger partial charge >= 0.3 is 0 Å². The first-order valence-electron chi connectivity index (χ1n) is 15.1. The predicted octanol–water partition coefficient (Wildman–Crippen LogP) is 8.16. The topological polar surface area (TPSA) is 47.4 Å². The summed E-state index contributed by atoms with van der Waals surface area (Å²) in [6.07, 6.45) is 15.5. The molecule has 2 aromatic carbocycles. The van der Waals surface area contributed by atoms with E-state index in [1.54, 1.807) is 7.11 Å². The van der Waals surface area contributed by atoms with E-state index in [1.165, 1.54) is 43.2 Å². The number of aromatic nitrogens is 2. The largest absolute Gasteiger partial charge is 0.496 e. The molecule has 0 saturated heterocycles. The Hall–Kier alpha value is -3.08. The quantitative estimate of drug-likeness (QED) is 0.282. The van der Waals surface area contributed by atoms with E-state index in [2.05, 4.69) is 72.5 Å². The zero-order valence-electron chi connectivity index (χ0n) is 24.1. The normalized spacial score (nSPS) is 20.1. The molecule has 208 valence electrons. The van der Waals surface area contributed by atoms with Crippen LogP contribution in [0.3, 0.4) is 0 Å². The van der Waals surface area contributed by atoms with Crippen molar-refractivity contribution in [3.05, 3.63) is 66.0 Å². The summed E-state index contributed by atoms with van der Waals surface area (Å²) in [5.41, 5.74) is 5.93. The average molecular weight is 528 g/mol. The van der Waals surface area contributed by atoms with Gasteiger partial charge in [0.2, 0.25) is 5.91 Å². The Morgan fingerprint density at radius 1 is 1.00 bits per heavy atom. The van der Waals surface area contributed by atoms with Gasteiger partial charge in [-0.1, -0.05) is 50.5 Å². The molecule has 0 bridgehead atoms. The smallest absolute Gasteiger partial charge is 0.230 e. The van der Waals surface area contributed by atoms with Gasteiger partial charge in [-0.15, -0.1) is 0 Å². The molecule has 0 N–H and O–H groups in total. The number of aryl methyl sites for hydroxylation is 2. The molecule has 5 rings (SSSR count). The molecule has 2 aliphatic rings. The molecule has 1 heterocycles. The van der Waals surface area contributed by atoms with Crippen LogP contribution in [0.2, 0.25) is 0 Å². The second kappa shape index (κ2) is 12.8. The maximum atomic E-state index is 14.0. The van der Waals surface area contributed by atoms with Gasteiger partial charge in [0.1, 0.15) is 5.75 Å². The summed E-state index contributed by atoms with van der Waals surface area (Å²) in [6, 6.07) is 15.2. The summed E-state index contributed by atoms with van der Waals surface area (Å²) >= 11 is 0. The van der Waals surface area contributed by atoms with Crippen LogP contribution in [0.25, 0.3) is 11.1 Å². The first kappa shape index (κ1) is 27.5. The van der Waals surface area contributed by atoms with Crippen molar-refractivity contribution < 1.29 is 9.53 Å². The second-order valence-corrected chi connectivity index (χ2v) is 11.8. The molecule has 5 nitrogen and oxygen atoms in total. The number of benzene rings is 2. The lowest BCUT2D eigenvalue weighted by atomic mass is 9.78. The van der Waals surface area contributed by atoms with Gasteiger partial charge in [0.25, 0.3) is 0 Å². The number of carbonyl (C=O) groups excluding carboxylic acids is 1. The number of hydrogen-bond donors (Lipinski definition) is 0. The summed E-state index contributed by atoms with van der Waals surface area (Å²) in [6.45, 7) is 6.04. The third kappa shape index (κ3) is 6.57. The highest BCUT2D eigenvalue weighted by molar-refractivity contribution is 5.95. The Labute approximate surface area is 234 Å². The molecule has 1 aromatic heterocycles. The van der Waals surface area contributed by atoms with E-state index >= 15 is 0 Å². The molecule has 0 aliphatic heterocycles.